The lowest BCUT2D eigenvalue weighted by Gasteiger charge is -2.28. The van der Waals surface area contributed by atoms with Crippen molar-refractivity contribution in [3.05, 3.63) is 0 Å². The zero-order chi connectivity index (χ0) is 26.7. The second-order valence-corrected chi connectivity index (χ2v) is 8.74. The van der Waals surface area contributed by atoms with Crippen LogP contribution in [0.4, 0.5) is 0 Å². The van der Waals surface area contributed by atoms with E-state index >= 15 is 0 Å². The van der Waals surface area contributed by atoms with Crippen LogP contribution < -0.4 is 32.3 Å². The second kappa shape index (κ2) is 14.2. The number of likely N-dealkylation sites (tertiary alicyclic amines) is 1. The molecule has 4 atom stereocenters. The van der Waals surface area contributed by atoms with Gasteiger partial charge in [-0.1, -0.05) is 0 Å². The summed E-state index contributed by atoms with van der Waals surface area (Å²) in [5.74, 6) is -3.80. The summed E-state index contributed by atoms with van der Waals surface area (Å²) in [5, 5.41) is 39.1. The fraction of sp³-hybridized carbons (Fsp3) is 0.714. The average Bonchev–Trinajstić information content (AvgIpc) is 3.54. The molecule has 2 aliphatic rings. The molecule has 2 heterocycles. The highest BCUT2D eigenvalue weighted by molar-refractivity contribution is 5.95. The summed E-state index contributed by atoms with van der Waals surface area (Å²) in [6.45, 7) is 0.102. The van der Waals surface area contributed by atoms with Crippen LogP contribution in [0.15, 0.2) is 0 Å². The van der Waals surface area contributed by atoms with Gasteiger partial charge in [-0.3, -0.25) is 24.6 Å². The van der Waals surface area contributed by atoms with Gasteiger partial charge in [-0.2, -0.15) is 0 Å². The molecule has 10 N–H and O–H groups in total. The van der Waals surface area contributed by atoms with Crippen molar-refractivity contribution in [1.82, 2.24) is 31.5 Å². The normalized spacial score (nSPS) is 20.8. The number of carboxylic acids is 1. The Morgan fingerprint density at radius 2 is 1.81 bits per heavy atom. The van der Waals surface area contributed by atoms with Gasteiger partial charge in [0.15, 0.2) is 5.96 Å². The quantitative estimate of drug-likeness (QED) is 0.0661. The molecule has 0 unspecified atom stereocenters. The number of aliphatic carboxylic acids is 1. The van der Waals surface area contributed by atoms with Crippen LogP contribution in [0.3, 0.4) is 0 Å². The molecule has 15 heteroatoms. The molecular weight excluding hydrogens is 476 g/mol. The Morgan fingerprint density at radius 3 is 2.42 bits per heavy atom. The third-order valence-electron chi connectivity index (χ3n) is 6.05. The first kappa shape index (κ1) is 28.8. The van der Waals surface area contributed by atoms with Gasteiger partial charge < -0.3 is 47.4 Å². The van der Waals surface area contributed by atoms with Crippen molar-refractivity contribution >= 4 is 35.6 Å². The molecule has 15 nitrogen and oxygen atoms in total. The summed E-state index contributed by atoms with van der Waals surface area (Å²) >= 11 is 0. The third kappa shape index (κ3) is 8.64. The van der Waals surface area contributed by atoms with Gasteiger partial charge in [0, 0.05) is 13.1 Å². The summed E-state index contributed by atoms with van der Waals surface area (Å²) < 4.78 is 0. The number of nitrogens with one attached hydrogen (secondary N) is 6. The Kier molecular flexibility index (Phi) is 11.3. The van der Waals surface area contributed by atoms with Crippen LogP contribution in [-0.4, -0.2) is 108 Å². The van der Waals surface area contributed by atoms with Gasteiger partial charge in [0.05, 0.1) is 19.2 Å². The highest BCUT2D eigenvalue weighted by Gasteiger charge is 2.38. The van der Waals surface area contributed by atoms with E-state index in [0.29, 0.717) is 25.7 Å². The fourth-order valence-electron chi connectivity index (χ4n) is 4.19. The Hall–Kier alpha value is -3.46. The number of aliphatic hydroxyl groups excluding tert-OH is 1. The summed E-state index contributed by atoms with van der Waals surface area (Å²) in [6.07, 6.45) is 2.73. The highest BCUT2D eigenvalue weighted by Crippen LogP contribution is 2.19. The van der Waals surface area contributed by atoms with Crippen LogP contribution in [0.5, 0.6) is 0 Å². The van der Waals surface area contributed by atoms with Gasteiger partial charge in [-0.15, -0.1) is 0 Å². The van der Waals surface area contributed by atoms with Crippen LogP contribution >= 0.6 is 0 Å². The minimum absolute atomic E-state index is 0.0828. The van der Waals surface area contributed by atoms with Crippen LogP contribution in [0.2, 0.25) is 0 Å². The smallest absolute Gasteiger partial charge is 0.326 e. The molecule has 4 amide bonds. The molecule has 0 aromatic rings. The topological polar surface area (TPSA) is 239 Å². The van der Waals surface area contributed by atoms with Gasteiger partial charge in [0.25, 0.3) is 0 Å². The molecule has 202 valence electrons. The van der Waals surface area contributed by atoms with Gasteiger partial charge in [0.2, 0.25) is 23.6 Å². The average molecular weight is 513 g/mol. The number of rotatable bonds is 13. The second-order valence-electron chi connectivity index (χ2n) is 8.74. The monoisotopic (exact) mass is 512 g/mol. The lowest BCUT2D eigenvalue weighted by atomic mass is 10.1. The zero-order valence-electron chi connectivity index (χ0n) is 20.0. The number of nitrogens with two attached hydrogens (primary N) is 1. The van der Waals surface area contributed by atoms with Crippen LogP contribution in [0.1, 0.15) is 38.5 Å². The molecule has 0 aromatic heterocycles. The first-order chi connectivity index (χ1) is 17.1. The molecule has 0 spiro atoms. The van der Waals surface area contributed by atoms with Gasteiger partial charge in [-0.25, -0.2) is 4.79 Å². The van der Waals surface area contributed by atoms with E-state index in [-0.39, 0.29) is 44.0 Å². The van der Waals surface area contributed by atoms with Crippen molar-refractivity contribution in [3.63, 3.8) is 0 Å². The van der Waals surface area contributed by atoms with E-state index in [1.54, 1.807) is 0 Å². The fourth-order valence-corrected chi connectivity index (χ4v) is 4.19. The Labute approximate surface area is 208 Å². The van der Waals surface area contributed by atoms with Crippen LogP contribution in [-0.2, 0) is 24.0 Å². The number of hydrogen-bond acceptors (Lipinski definition) is 8. The number of carbonyl (C=O) groups is 5. The minimum atomic E-state index is -1.32. The third-order valence-corrected chi connectivity index (χ3v) is 6.05. The van der Waals surface area contributed by atoms with Crippen LogP contribution in [0.25, 0.3) is 0 Å². The largest absolute Gasteiger partial charge is 0.480 e. The molecule has 0 radical (unpaired) electrons. The predicted octanol–water partition coefficient (Wildman–Crippen LogP) is -3.84. The molecular formula is C21H36N8O7. The molecule has 2 fully saturated rings. The SMILES string of the molecule is N=C(N)NCCC[C@H](NC(=O)[C@@H]1CCCN1C(=O)[C@H](CO)NC(=O)CNC(=O)[C@@H]1CCCN1)C(=O)O. The molecule has 0 saturated carbocycles. The first-order valence-corrected chi connectivity index (χ1v) is 12.0. The first-order valence-electron chi connectivity index (χ1n) is 12.0. The Morgan fingerprint density at radius 1 is 1.06 bits per heavy atom. The Balaban J connectivity index is 1.89. The number of aliphatic hydroxyl groups is 1. The molecule has 0 aromatic carbocycles. The zero-order valence-corrected chi connectivity index (χ0v) is 20.0. The van der Waals surface area contributed by atoms with Crippen molar-refractivity contribution in [2.45, 2.75) is 62.7 Å². The number of amides is 4. The molecule has 2 rings (SSSR count). The van der Waals surface area contributed by atoms with Crippen molar-refractivity contribution in [3.8, 4) is 0 Å². The summed E-state index contributed by atoms with van der Waals surface area (Å²) in [4.78, 5) is 62.9. The van der Waals surface area contributed by atoms with E-state index in [0.717, 1.165) is 13.0 Å². The van der Waals surface area contributed by atoms with E-state index in [9.17, 15) is 34.2 Å². The van der Waals surface area contributed by atoms with Gasteiger partial charge >= 0.3 is 5.97 Å². The van der Waals surface area contributed by atoms with Crippen molar-refractivity contribution < 1.29 is 34.2 Å². The lowest BCUT2D eigenvalue weighted by Crippen LogP contribution is -2.57. The van der Waals surface area contributed by atoms with Crippen molar-refractivity contribution in [1.29, 1.82) is 5.41 Å². The minimum Gasteiger partial charge on any atom is -0.480 e. The summed E-state index contributed by atoms with van der Waals surface area (Å²) in [7, 11) is 0. The van der Waals surface area contributed by atoms with Crippen molar-refractivity contribution in [2.24, 2.45) is 5.73 Å². The van der Waals surface area contributed by atoms with E-state index in [4.69, 9.17) is 11.1 Å². The number of guanidine groups is 1. The molecule has 0 bridgehead atoms. The number of nitrogens with zero attached hydrogens (tertiary/aromatic N) is 1. The Bertz CT molecular complexity index is 833. The van der Waals surface area contributed by atoms with E-state index < -0.39 is 48.4 Å². The molecule has 2 aliphatic heterocycles. The summed E-state index contributed by atoms with van der Waals surface area (Å²) in [6, 6.07) is -3.83. The maximum Gasteiger partial charge on any atom is 0.326 e. The maximum absolute atomic E-state index is 13.0. The number of hydrogen-bond donors (Lipinski definition) is 9. The lowest BCUT2D eigenvalue weighted by molar-refractivity contribution is -0.145. The molecule has 36 heavy (non-hydrogen) atoms. The van der Waals surface area contributed by atoms with Crippen LogP contribution in [0, 0.1) is 5.41 Å². The standard InChI is InChI=1S/C21H36N8O7/c22-21(23)25-8-2-5-13(20(35)36)28-18(33)15-6-3-9-29(15)19(34)14(11-30)27-16(31)10-26-17(32)12-4-1-7-24-12/h12-15,24,30H,1-11H2,(H,26,32)(H,27,31)(H,28,33)(H,35,36)(H4,22,23,25)/t12-,13-,14-,15-/m0/s1. The van der Waals surface area contributed by atoms with Gasteiger partial charge in [0.1, 0.15) is 18.1 Å². The van der Waals surface area contributed by atoms with E-state index in [1.807, 2.05) is 0 Å². The van der Waals surface area contributed by atoms with Gasteiger partial charge in [-0.05, 0) is 45.1 Å². The summed E-state index contributed by atoms with van der Waals surface area (Å²) in [5.41, 5.74) is 5.18. The number of carbonyl (C=O) groups excluding carboxylic acids is 4. The van der Waals surface area contributed by atoms with E-state index in [2.05, 4.69) is 26.6 Å². The predicted molar refractivity (Wildman–Crippen MR) is 127 cm³/mol. The van der Waals surface area contributed by atoms with Crippen molar-refractivity contribution in [2.75, 3.05) is 32.8 Å². The highest BCUT2D eigenvalue weighted by atomic mass is 16.4. The van der Waals surface area contributed by atoms with E-state index in [1.165, 1.54) is 4.90 Å². The maximum atomic E-state index is 13.0. The molecule has 0 aliphatic carbocycles. The molecule has 2 saturated heterocycles. The number of carboxylic acid groups (broad SMARTS) is 1.